The highest BCUT2D eigenvalue weighted by Crippen LogP contribution is 2.51. The number of hydrogen-bond acceptors (Lipinski definition) is 1. The van der Waals surface area contributed by atoms with Crippen LogP contribution in [0.15, 0.2) is 22.7 Å². The molecule has 14 heavy (non-hydrogen) atoms. The van der Waals surface area contributed by atoms with Gasteiger partial charge >= 0.3 is 0 Å². The molecule has 2 rings (SSSR count). The van der Waals surface area contributed by atoms with E-state index >= 15 is 0 Å². The molecule has 0 amide bonds. The van der Waals surface area contributed by atoms with E-state index < -0.39 is 0 Å². The Labute approximate surface area is 97.2 Å². The Morgan fingerprint density at radius 2 is 2.14 bits per heavy atom. The van der Waals surface area contributed by atoms with Gasteiger partial charge in [0, 0.05) is 9.89 Å². The van der Waals surface area contributed by atoms with Crippen LogP contribution in [-0.2, 0) is 5.41 Å². The largest absolute Gasteiger partial charge is 0.392 e. The van der Waals surface area contributed by atoms with Crippen molar-refractivity contribution in [1.82, 2.24) is 0 Å². The SMILES string of the molecule is CC(O)C1(c2ccc(Br)c(Cl)c2)CC1. The molecule has 1 fully saturated rings. The monoisotopic (exact) mass is 274 g/mol. The van der Waals surface area contributed by atoms with Crippen molar-refractivity contribution < 1.29 is 5.11 Å². The molecule has 1 aromatic rings. The fourth-order valence-corrected chi connectivity index (χ4v) is 2.32. The minimum Gasteiger partial charge on any atom is -0.392 e. The molecule has 0 spiro atoms. The van der Waals surface area contributed by atoms with Gasteiger partial charge in [0.25, 0.3) is 0 Å². The van der Waals surface area contributed by atoms with E-state index in [0.717, 1.165) is 27.9 Å². The molecule has 1 aliphatic carbocycles. The molecule has 0 aromatic heterocycles. The first-order valence-electron chi connectivity index (χ1n) is 4.70. The molecule has 0 aliphatic heterocycles. The van der Waals surface area contributed by atoms with Gasteiger partial charge in [-0.15, -0.1) is 0 Å². The van der Waals surface area contributed by atoms with Gasteiger partial charge in [-0.1, -0.05) is 17.7 Å². The minimum absolute atomic E-state index is 0.0235. The lowest BCUT2D eigenvalue weighted by atomic mass is 9.91. The summed E-state index contributed by atoms with van der Waals surface area (Å²) >= 11 is 9.38. The van der Waals surface area contributed by atoms with Crippen LogP contribution in [0.1, 0.15) is 25.3 Å². The molecule has 1 N–H and O–H groups in total. The lowest BCUT2D eigenvalue weighted by molar-refractivity contribution is 0.150. The second kappa shape index (κ2) is 3.51. The fourth-order valence-electron chi connectivity index (χ4n) is 1.89. The van der Waals surface area contributed by atoms with E-state index in [-0.39, 0.29) is 11.5 Å². The van der Waals surface area contributed by atoms with Gasteiger partial charge < -0.3 is 5.11 Å². The Morgan fingerprint density at radius 1 is 1.50 bits per heavy atom. The highest BCUT2D eigenvalue weighted by molar-refractivity contribution is 9.10. The predicted molar refractivity (Wildman–Crippen MR) is 61.7 cm³/mol. The van der Waals surface area contributed by atoms with Crippen LogP contribution >= 0.6 is 27.5 Å². The van der Waals surface area contributed by atoms with E-state index in [1.165, 1.54) is 0 Å². The van der Waals surface area contributed by atoms with Crippen molar-refractivity contribution in [2.45, 2.75) is 31.3 Å². The summed E-state index contributed by atoms with van der Waals surface area (Å²) in [6.07, 6.45) is 1.82. The van der Waals surface area contributed by atoms with Gasteiger partial charge in [0.1, 0.15) is 0 Å². The summed E-state index contributed by atoms with van der Waals surface area (Å²) in [5.41, 5.74) is 1.13. The molecule has 0 saturated heterocycles. The lowest BCUT2D eigenvalue weighted by Gasteiger charge is -2.19. The van der Waals surface area contributed by atoms with Crippen LogP contribution in [0.25, 0.3) is 0 Å². The van der Waals surface area contributed by atoms with Gasteiger partial charge in [0.2, 0.25) is 0 Å². The number of benzene rings is 1. The zero-order valence-electron chi connectivity index (χ0n) is 7.93. The van der Waals surface area contributed by atoms with Crippen LogP contribution in [0.5, 0.6) is 0 Å². The number of aliphatic hydroxyl groups is 1. The van der Waals surface area contributed by atoms with Crippen molar-refractivity contribution in [3.63, 3.8) is 0 Å². The van der Waals surface area contributed by atoms with Crippen molar-refractivity contribution in [1.29, 1.82) is 0 Å². The van der Waals surface area contributed by atoms with E-state index in [4.69, 9.17) is 11.6 Å². The van der Waals surface area contributed by atoms with E-state index in [1.54, 1.807) is 0 Å². The van der Waals surface area contributed by atoms with Gasteiger partial charge in [-0.2, -0.15) is 0 Å². The smallest absolute Gasteiger partial charge is 0.0608 e. The fraction of sp³-hybridized carbons (Fsp3) is 0.455. The molecule has 0 bridgehead atoms. The summed E-state index contributed by atoms with van der Waals surface area (Å²) < 4.78 is 0.907. The third-order valence-electron chi connectivity index (χ3n) is 3.08. The minimum atomic E-state index is -0.292. The molecule has 1 unspecified atom stereocenters. The number of hydrogen-bond donors (Lipinski definition) is 1. The highest BCUT2D eigenvalue weighted by Gasteiger charge is 2.48. The molecule has 76 valence electrons. The van der Waals surface area contributed by atoms with E-state index in [1.807, 2.05) is 25.1 Å². The van der Waals surface area contributed by atoms with Crippen molar-refractivity contribution in [3.05, 3.63) is 33.3 Å². The second-order valence-electron chi connectivity index (χ2n) is 3.96. The average Bonchev–Trinajstić information content (AvgIpc) is 2.90. The van der Waals surface area contributed by atoms with Gasteiger partial charge in [0.15, 0.2) is 0 Å². The summed E-state index contributed by atoms with van der Waals surface area (Å²) in [5.74, 6) is 0. The van der Waals surface area contributed by atoms with Crippen LogP contribution in [0.2, 0.25) is 5.02 Å². The Kier molecular flexibility index (Phi) is 2.63. The molecule has 1 saturated carbocycles. The van der Waals surface area contributed by atoms with Gasteiger partial charge in [-0.3, -0.25) is 0 Å². The first-order valence-corrected chi connectivity index (χ1v) is 5.87. The Balaban J connectivity index is 2.38. The predicted octanol–water partition coefficient (Wildman–Crippen LogP) is 3.51. The number of halogens is 2. The molecule has 1 atom stereocenters. The first kappa shape index (κ1) is 10.5. The van der Waals surface area contributed by atoms with Crippen LogP contribution < -0.4 is 0 Å². The molecular weight excluding hydrogens is 263 g/mol. The summed E-state index contributed by atoms with van der Waals surface area (Å²) in [5, 5.41) is 10.4. The van der Waals surface area contributed by atoms with Crippen LogP contribution in [0.4, 0.5) is 0 Å². The molecule has 0 radical (unpaired) electrons. The lowest BCUT2D eigenvalue weighted by Crippen LogP contribution is -2.22. The molecular formula is C11H12BrClO. The maximum Gasteiger partial charge on any atom is 0.0608 e. The topological polar surface area (TPSA) is 20.2 Å². The quantitative estimate of drug-likeness (QED) is 0.876. The van der Waals surface area contributed by atoms with E-state index in [9.17, 15) is 5.11 Å². The highest BCUT2D eigenvalue weighted by atomic mass is 79.9. The van der Waals surface area contributed by atoms with Crippen molar-refractivity contribution >= 4 is 27.5 Å². The van der Waals surface area contributed by atoms with Crippen molar-refractivity contribution in [3.8, 4) is 0 Å². The van der Waals surface area contributed by atoms with Crippen molar-refractivity contribution in [2.24, 2.45) is 0 Å². The average molecular weight is 276 g/mol. The second-order valence-corrected chi connectivity index (χ2v) is 5.22. The van der Waals surface area contributed by atoms with Crippen LogP contribution in [-0.4, -0.2) is 11.2 Å². The van der Waals surface area contributed by atoms with Gasteiger partial charge in [-0.25, -0.2) is 0 Å². The van der Waals surface area contributed by atoms with Gasteiger partial charge in [-0.05, 0) is 53.4 Å². The third kappa shape index (κ3) is 1.60. The number of rotatable bonds is 2. The zero-order valence-corrected chi connectivity index (χ0v) is 10.3. The van der Waals surface area contributed by atoms with E-state index in [2.05, 4.69) is 15.9 Å². The molecule has 1 aliphatic rings. The molecule has 1 aromatic carbocycles. The molecule has 3 heteroatoms. The normalized spacial score (nSPS) is 20.6. The van der Waals surface area contributed by atoms with Gasteiger partial charge in [0.05, 0.1) is 11.1 Å². The summed E-state index contributed by atoms with van der Waals surface area (Å²) in [4.78, 5) is 0. The Hall–Kier alpha value is -0.0500. The molecule has 1 nitrogen and oxygen atoms in total. The maximum absolute atomic E-state index is 9.70. The first-order chi connectivity index (χ1) is 6.56. The Morgan fingerprint density at radius 3 is 2.57 bits per heavy atom. The maximum atomic E-state index is 9.70. The van der Waals surface area contributed by atoms with Crippen LogP contribution in [0.3, 0.4) is 0 Å². The number of aliphatic hydroxyl groups excluding tert-OH is 1. The molecule has 0 heterocycles. The summed E-state index contributed by atoms with van der Waals surface area (Å²) in [7, 11) is 0. The standard InChI is InChI=1S/C11H12BrClO/c1-7(14)11(4-5-11)8-2-3-9(12)10(13)6-8/h2-3,6-7,14H,4-5H2,1H3. The zero-order chi connectivity index (χ0) is 10.3. The summed E-state index contributed by atoms with van der Waals surface area (Å²) in [6.45, 7) is 1.85. The van der Waals surface area contributed by atoms with E-state index in [0.29, 0.717) is 0 Å². The Bertz CT molecular complexity index is 358. The van der Waals surface area contributed by atoms with Crippen molar-refractivity contribution in [2.75, 3.05) is 0 Å². The summed E-state index contributed by atoms with van der Waals surface area (Å²) in [6, 6.07) is 5.93. The van der Waals surface area contributed by atoms with Crippen LogP contribution in [0, 0.1) is 0 Å². The third-order valence-corrected chi connectivity index (χ3v) is 4.32.